The lowest BCUT2D eigenvalue weighted by Gasteiger charge is -2.44. The Hall–Kier alpha value is -3.35. The number of likely N-dealkylation sites (tertiary alicyclic amines) is 1. The molecular weight excluding hydrogens is 444 g/mol. The third kappa shape index (κ3) is 4.07. The zero-order valence-electron chi connectivity index (χ0n) is 20.0. The van der Waals surface area contributed by atoms with Gasteiger partial charge in [-0.3, -0.25) is 9.59 Å². The third-order valence-corrected chi connectivity index (χ3v) is 8.22. The molecule has 2 amide bonds. The molecule has 35 heavy (non-hydrogen) atoms. The average molecular weight is 477 g/mol. The molecule has 0 radical (unpaired) electrons. The summed E-state index contributed by atoms with van der Waals surface area (Å²) in [5.41, 5.74) is 3.99. The maximum absolute atomic E-state index is 13.5. The maximum atomic E-state index is 13.5. The van der Waals surface area contributed by atoms with Crippen LogP contribution in [0.5, 0.6) is 0 Å². The summed E-state index contributed by atoms with van der Waals surface area (Å²) in [4.78, 5) is 39.5. The fourth-order valence-corrected chi connectivity index (χ4v) is 6.16. The van der Waals surface area contributed by atoms with Gasteiger partial charge in [0.25, 0.3) is 0 Å². The lowest BCUT2D eigenvalue weighted by atomic mass is 9.67. The molecule has 2 fully saturated rings. The van der Waals surface area contributed by atoms with Gasteiger partial charge in [0.05, 0.1) is 11.3 Å². The number of hydrogen-bond acceptors (Lipinski definition) is 4. The quantitative estimate of drug-likeness (QED) is 0.617. The molecule has 5 rings (SSSR count). The lowest BCUT2D eigenvalue weighted by molar-refractivity contribution is -0.150. The molecule has 2 aromatic rings. The number of carboxylic acid groups (broad SMARTS) is 1. The Bertz CT molecular complexity index is 1100. The van der Waals surface area contributed by atoms with Gasteiger partial charge in [0.2, 0.25) is 5.91 Å². The number of amides is 2. The fraction of sp³-hybridized carbons (Fsp3) is 0.464. The summed E-state index contributed by atoms with van der Waals surface area (Å²) in [5, 5.41) is 12.4. The zero-order valence-corrected chi connectivity index (χ0v) is 20.0. The summed E-state index contributed by atoms with van der Waals surface area (Å²) in [5.74, 6) is -1.41. The SMILES string of the molecule is CCC1C(C(=O)O)CCN1C(=O)C1(CNC(=O)OCC2c3ccccc3-c3ccccc32)CCC1. The van der Waals surface area contributed by atoms with Gasteiger partial charge in [-0.15, -0.1) is 0 Å². The van der Waals surface area contributed by atoms with Gasteiger partial charge >= 0.3 is 12.1 Å². The number of nitrogens with zero attached hydrogens (tertiary/aromatic N) is 1. The van der Waals surface area contributed by atoms with Gasteiger partial charge in [0.1, 0.15) is 6.61 Å². The van der Waals surface area contributed by atoms with Crippen molar-refractivity contribution in [3.8, 4) is 11.1 Å². The highest BCUT2D eigenvalue weighted by Gasteiger charge is 2.51. The molecule has 7 nitrogen and oxygen atoms in total. The molecule has 2 N–H and O–H groups in total. The van der Waals surface area contributed by atoms with Crippen molar-refractivity contribution in [1.82, 2.24) is 10.2 Å². The number of alkyl carbamates (subject to hydrolysis) is 1. The lowest BCUT2D eigenvalue weighted by Crippen LogP contribution is -2.55. The van der Waals surface area contributed by atoms with Crippen LogP contribution < -0.4 is 5.32 Å². The van der Waals surface area contributed by atoms with E-state index in [1.807, 2.05) is 31.2 Å². The Labute approximate surface area is 205 Å². The number of benzene rings is 2. The van der Waals surface area contributed by atoms with Crippen LogP contribution in [-0.2, 0) is 14.3 Å². The minimum Gasteiger partial charge on any atom is -0.481 e. The maximum Gasteiger partial charge on any atom is 0.407 e. The van der Waals surface area contributed by atoms with Crippen LogP contribution in [0.3, 0.4) is 0 Å². The van der Waals surface area contributed by atoms with Crippen molar-refractivity contribution in [3.63, 3.8) is 0 Å². The van der Waals surface area contributed by atoms with E-state index in [0.29, 0.717) is 32.2 Å². The molecule has 7 heteroatoms. The largest absolute Gasteiger partial charge is 0.481 e. The van der Waals surface area contributed by atoms with E-state index in [9.17, 15) is 19.5 Å². The van der Waals surface area contributed by atoms with E-state index in [-0.39, 0.29) is 31.0 Å². The first kappa shape index (κ1) is 23.4. The standard InChI is InChI=1S/C28H32N2O5/c1-2-24-22(25(31)32)12-15-30(24)26(33)28(13-7-14-28)17-29-27(34)35-16-23-20-10-5-3-8-18(20)19-9-4-6-11-21(19)23/h3-6,8-11,22-24H,2,7,12-17H2,1H3,(H,29,34)(H,31,32). The van der Waals surface area contributed by atoms with Crippen LogP contribution in [-0.4, -0.2) is 53.7 Å². The zero-order chi connectivity index (χ0) is 24.6. The summed E-state index contributed by atoms with van der Waals surface area (Å²) >= 11 is 0. The Morgan fingerprint density at radius 1 is 1.06 bits per heavy atom. The highest BCUT2D eigenvalue weighted by molar-refractivity contribution is 5.86. The van der Waals surface area contributed by atoms with E-state index in [1.54, 1.807) is 4.90 Å². The van der Waals surface area contributed by atoms with Crippen LogP contribution in [0, 0.1) is 11.3 Å². The Morgan fingerprint density at radius 2 is 1.69 bits per heavy atom. The van der Waals surface area contributed by atoms with Crippen LogP contribution >= 0.6 is 0 Å². The molecule has 1 saturated heterocycles. The number of nitrogens with one attached hydrogen (secondary N) is 1. The molecule has 2 unspecified atom stereocenters. The number of carboxylic acids is 1. The minimum absolute atomic E-state index is 0.0182. The number of aliphatic carboxylic acids is 1. The normalized spacial score (nSPS) is 22.1. The van der Waals surface area contributed by atoms with Crippen LogP contribution in [0.15, 0.2) is 48.5 Å². The third-order valence-electron chi connectivity index (χ3n) is 8.22. The number of fused-ring (bicyclic) bond motifs is 3. The highest BCUT2D eigenvalue weighted by Crippen LogP contribution is 2.45. The molecule has 3 aliphatic rings. The molecular formula is C28H32N2O5. The van der Waals surface area contributed by atoms with Gasteiger partial charge < -0.3 is 20.1 Å². The summed E-state index contributed by atoms with van der Waals surface area (Å²) in [7, 11) is 0. The van der Waals surface area contributed by atoms with Crippen molar-refractivity contribution in [2.75, 3.05) is 19.7 Å². The van der Waals surface area contributed by atoms with E-state index in [4.69, 9.17) is 4.74 Å². The van der Waals surface area contributed by atoms with Crippen LogP contribution in [0.1, 0.15) is 56.1 Å². The van der Waals surface area contributed by atoms with Crippen molar-refractivity contribution >= 4 is 18.0 Å². The Balaban J connectivity index is 1.21. The molecule has 2 atom stereocenters. The van der Waals surface area contributed by atoms with Crippen LogP contribution in [0.25, 0.3) is 11.1 Å². The van der Waals surface area contributed by atoms with E-state index >= 15 is 0 Å². The average Bonchev–Trinajstić information content (AvgIpc) is 3.41. The Kier molecular flexibility index (Phi) is 6.26. The molecule has 2 aromatic carbocycles. The molecule has 0 bridgehead atoms. The summed E-state index contributed by atoms with van der Waals surface area (Å²) in [6.07, 6.45) is 2.88. The van der Waals surface area contributed by atoms with Gasteiger partial charge in [-0.05, 0) is 47.9 Å². The fourth-order valence-electron chi connectivity index (χ4n) is 6.16. The first-order chi connectivity index (χ1) is 16.9. The van der Waals surface area contributed by atoms with Crippen molar-refractivity contribution in [3.05, 3.63) is 59.7 Å². The number of ether oxygens (including phenoxy) is 1. The van der Waals surface area contributed by atoms with E-state index in [0.717, 1.165) is 17.5 Å². The van der Waals surface area contributed by atoms with Crippen molar-refractivity contribution in [2.24, 2.45) is 11.3 Å². The summed E-state index contributed by atoms with van der Waals surface area (Å²) in [6, 6.07) is 16.1. The van der Waals surface area contributed by atoms with Crippen LogP contribution in [0.2, 0.25) is 0 Å². The second kappa shape index (κ2) is 9.36. The van der Waals surface area contributed by atoms with Crippen molar-refractivity contribution in [1.29, 1.82) is 0 Å². The highest BCUT2D eigenvalue weighted by atomic mass is 16.5. The second-order valence-electron chi connectivity index (χ2n) is 10.0. The molecule has 1 saturated carbocycles. The van der Waals surface area contributed by atoms with Gasteiger partial charge in [-0.2, -0.15) is 0 Å². The van der Waals surface area contributed by atoms with Crippen LogP contribution in [0.4, 0.5) is 4.79 Å². The van der Waals surface area contributed by atoms with E-state index in [1.165, 1.54) is 11.1 Å². The molecule has 1 heterocycles. The number of carbonyl (C=O) groups is 3. The molecule has 1 aliphatic heterocycles. The predicted octanol–water partition coefficient (Wildman–Crippen LogP) is 4.41. The first-order valence-electron chi connectivity index (χ1n) is 12.6. The smallest absolute Gasteiger partial charge is 0.407 e. The predicted molar refractivity (Wildman–Crippen MR) is 131 cm³/mol. The van der Waals surface area contributed by atoms with Gasteiger partial charge in [-0.1, -0.05) is 61.9 Å². The molecule has 0 spiro atoms. The van der Waals surface area contributed by atoms with Crippen molar-refractivity contribution in [2.45, 2.75) is 51.0 Å². The summed E-state index contributed by atoms with van der Waals surface area (Å²) < 4.78 is 5.65. The van der Waals surface area contributed by atoms with E-state index < -0.39 is 23.4 Å². The topological polar surface area (TPSA) is 95.9 Å². The minimum atomic E-state index is -0.841. The van der Waals surface area contributed by atoms with Gasteiger partial charge in [0.15, 0.2) is 0 Å². The molecule has 2 aliphatic carbocycles. The monoisotopic (exact) mass is 476 g/mol. The summed E-state index contributed by atoms with van der Waals surface area (Å²) in [6.45, 7) is 2.83. The Morgan fingerprint density at radius 3 is 2.23 bits per heavy atom. The number of rotatable bonds is 7. The van der Waals surface area contributed by atoms with Gasteiger partial charge in [-0.25, -0.2) is 4.79 Å². The van der Waals surface area contributed by atoms with Crippen molar-refractivity contribution < 1.29 is 24.2 Å². The first-order valence-corrected chi connectivity index (χ1v) is 12.6. The number of hydrogen-bond donors (Lipinski definition) is 2. The molecule has 184 valence electrons. The molecule has 0 aromatic heterocycles. The van der Waals surface area contributed by atoms with E-state index in [2.05, 4.69) is 29.6 Å². The number of carbonyl (C=O) groups excluding carboxylic acids is 2. The second-order valence-corrected chi connectivity index (χ2v) is 10.0. The van der Waals surface area contributed by atoms with Gasteiger partial charge in [0, 0.05) is 25.0 Å².